The number of nitrogens with zero attached hydrogens (tertiary/aromatic N) is 4. The first kappa shape index (κ1) is 30.5. The number of hydrogen-bond acceptors (Lipinski definition) is 5. The Labute approximate surface area is 257 Å². The number of carbonyl (C=O) groups is 2. The van der Waals surface area contributed by atoms with Crippen molar-refractivity contribution in [3.05, 3.63) is 89.0 Å². The summed E-state index contributed by atoms with van der Waals surface area (Å²) in [7, 11) is 0. The summed E-state index contributed by atoms with van der Waals surface area (Å²) in [5.74, 6) is 2.05. The van der Waals surface area contributed by atoms with Gasteiger partial charge < -0.3 is 24.7 Å². The molecule has 0 fully saturated rings. The molecule has 2 aromatic heterocycles. The highest BCUT2D eigenvalue weighted by Crippen LogP contribution is 2.33. The predicted molar refractivity (Wildman–Crippen MR) is 172 cm³/mol. The molecule has 0 saturated heterocycles. The maximum Gasteiger partial charge on any atom is 0.511 e. The fraction of sp³-hybridized carbons (Fsp3) is 0.314. The lowest BCUT2D eigenvalue weighted by molar-refractivity contribution is -0.118. The Morgan fingerprint density at radius 1 is 0.977 bits per heavy atom. The number of carboxylic acid groups (broad SMARTS) is 1. The van der Waals surface area contributed by atoms with E-state index in [2.05, 4.69) is 44.4 Å². The topological polar surface area (TPSA) is 125 Å². The minimum Gasteiger partial charge on any atom is -0.449 e. The van der Waals surface area contributed by atoms with Crippen LogP contribution in [0.1, 0.15) is 55.5 Å². The number of benzene rings is 3. The van der Waals surface area contributed by atoms with E-state index in [0.29, 0.717) is 23.8 Å². The smallest absolute Gasteiger partial charge is 0.449 e. The standard InChI is InChI=1S/C35H39N5O4/c1-6-9-32-38-33-22(4)17-26(34-37-28(16-21(2)3)23(5)39(34)20-31(36)41)18-29(33)40(32)19-24-12-14-25(15-13-24)27-10-7-8-11-30(27)44-35(42)43/h7-8,10-15,17-18,21H,6,9,16,19-20H2,1-5H3,(H2,36,41)(H,42,43). The Kier molecular flexibility index (Phi) is 8.85. The number of fused-ring (bicyclic) bond motifs is 1. The largest absolute Gasteiger partial charge is 0.511 e. The third-order valence-electron chi connectivity index (χ3n) is 7.78. The Balaban J connectivity index is 1.57. The second kappa shape index (κ2) is 12.8. The number of para-hydroxylation sites is 1. The van der Waals surface area contributed by atoms with E-state index in [4.69, 9.17) is 25.5 Å². The molecule has 3 aromatic carbocycles. The van der Waals surface area contributed by atoms with Gasteiger partial charge in [0.25, 0.3) is 0 Å². The maximum atomic E-state index is 12.1. The lowest BCUT2D eigenvalue weighted by atomic mass is 10.0. The highest BCUT2D eigenvalue weighted by atomic mass is 16.7. The molecule has 5 aromatic rings. The SMILES string of the molecule is CCCc1nc2c(C)cc(-c3nc(CC(C)C)c(C)n3CC(N)=O)cc2n1Cc1ccc(-c2ccccc2OC(=O)O)cc1. The first-order valence-corrected chi connectivity index (χ1v) is 15.0. The van der Waals surface area contributed by atoms with Crippen LogP contribution < -0.4 is 10.5 Å². The van der Waals surface area contributed by atoms with Crippen LogP contribution in [0.4, 0.5) is 4.79 Å². The van der Waals surface area contributed by atoms with Crippen molar-refractivity contribution in [2.24, 2.45) is 11.7 Å². The number of aryl methyl sites for hydroxylation is 2. The second-order valence-electron chi connectivity index (χ2n) is 11.7. The van der Waals surface area contributed by atoms with Crippen LogP contribution in [-0.4, -0.2) is 36.3 Å². The number of hydrogen-bond donors (Lipinski definition) is 2. The molecule has 0 aliphatic carbocycles. The van der Waals surface area contributed by atoms with Crippen molar-refractivity contribution in [3.8, 4) is 28.3 Å². The monoisotopic (exact) mass is 593 g/mol. The second-order valence-corrected chi connectivity index (χ2v) is 11.7. The van der Waals surface area contributed by atoms with Crippen molar-refractivity contribution in [2.75, 3.05) is 0 Å². The molecule has 1 amide bonds. The van der Waals surface area contributed by atoms with Crippen LogP contribution in [0, 0.1) is 19.8 Å². The molecule has 0 atom stereocenters. The van der Waals surface area contributed by atoms with E-state index < -0.39 is 12.1 Å². The van der Waals surface area contributed by atoms with Gasteiger partial charge in [-0.1, -0.05) is 63.2 Å². The summed E-state index contributed by atoms with van der Waals surface area (Å²) in [5.41, 5.74) is 14.2. The van der Waals surface area contributed by atoms with Gasteiger partial charge in [0.1, 0.15) is 23.9 Å². The summed E-state index contributed by atoms with van der Waals surface area (Å²) in [5, 5.41) is 9.14. The first-order valence-electron chi connectivity index (χ1n) is 15.0. The van der Waals surface area contributed by atoms with Gasteiger partial charge in [0.15, 0.2) is 0 Å². The third kappa shape index (κ3) is 6.37. The summed E-state index contributed by atoms with van der Waals surface area (Å²) >= 11 is 0. The summed E-state index contributed by atoms with van der Waals surface area (Å²) in [6.45, 7) is 11.2. The van der Waals surface area contributed by atoms with Gasteiger partial charge in [0.2, 0.25) is 5.91 Å². The average Bonchev–Trinajstić information content (AvgIpc) is 3.46. The minimum atomic E-state index is -1.34. The van der Waals surface area contributed by atoms with E-state index in [1.165, 1.54) is 0 Å². The van der Waals surface area contributed by atoms with Crippen molar-refractivity contribution in [2.45, 2.75) is 67.0 Å². The highest BCUT2D eigenvalue weighted by molar-refractivity contribution is 5.85. The third-order valence-corrected chi connectivity index (χ3v) is 7.78. The summed E-state index contributed by atoms with van der Waals surface area (Å²) in [4.78, 5) is 33.3. The van der Waals surface area contributed by atoms with Crippen molar-refractivity contribution in [3.63, 3.8) is 0 Å². The normalized spacial score (nSPS) is 11.4. The van der Waals surface area contributed by atoms with Crippen molar-refractivity contribution in [1.82, 2.24) is 19.1 Å². The molecule has 0 radical (unpaired) electrons. The van der Waals surface area contributed by atoms with Crippen LogP contribution in [0.15, 0.2) is 60.7 Å². The van der Waals surface area contributed by atoms with Gasteiger partial charge in [-0.05, 0) is 67.5 Å². The van der Waals surface area contributed by atoms with Crippen LogP contribution >= 0.6 is 0 Å². The van der Waals surface area contributed by atoms with Gasteiger partial charge in [-0.25, -0.2) is 14.8 Å². The number of carbonyl (C=O) groups excluding carboxylic acids is 1. The van der Waals surface area contributed by atoms with E-state index in [0.717, 1.165) is 75.6 Å². The lowest BCUT2D eigenvalue weighted by Crippen LogP contribution is -2.20. The number of primary amides is 1. The molecule has 3 N–H and O–H groups in total. The summed E-state index contributed by atoms with van der Waals surface area (Å²) in [6.07, 6.45) is 1.25. The molecular formula is C35H39N5O4. The van der Waals surface area contributed by atoms with E-state index in [1.807, 2.05) is 47.9 Å². The Morgan fingerprint density at radius 3 is 2.36 bits per heavy atom. The van der Waals surface area contributed by atoms with Gasteiger partial charge in [0, 0.05) is 29.8 Å². The van der Waals surface area contributed by atoms with E-state index >= 15 is 0 Å². The zero-order valence-corrected chi connectivity index (χ0v) is 25.9. The van der Waals surface area contributed by atoms with Gasteiger partial charge >= 0.3 is 6.16 Å². The van der Waals surface area contributed by atoms with Crippen LogP contribution in [-0.2, 0) is 30.7 Å². The van der Waals surface area contributed by atoms with Crippen LogP contribution in [0.25, 0.3) is 33.5 Å². The molecule has 0 bridgehead atoms. The van der Waals surface area contributed by atoms with Crippen LogP contribution in [0.5, 0.6) is 5.75 Å². The number of imidazole rings is 2. The molecule has 228 valence electrons. The van der Waals surface area contributed by atoms with Crippen LogP contribution in [0.2, 0.25) is 0 Å². The minimum absolute atomic E-state index is 0.0661. The Bertz CT molecular complexity index is 1830. The zero-order chi connectivity index (χ0) is 31.5. The number of ether oxygens (including phenoxy) is 1. The fourth-order valence-corrected chi connectivity index (χ4v) is 5.75. The molecule has 44 heavy (non-hydrogen) atoms. The lowest BCUT2D eigenvalue weighted by Gasteiger charge is -2.13. The van der Waals surface area contributed by atoms with Gasteiger partial charge in [-0.2, -0.15) is 0 Å². The molecule has 0 spiro atoms. The molecule has 5 rings (SSSR count). The van der Waals surface area contributed by atoms with Crippen molar-refractivity contribution in [1.29, 1.82) is 0 Å². The Morgan fingerprint density at radius 2 is 1.70 bits per heavy atom. The number of nitrogens with two attached hydrogens (primary N) is 1. The molecule has 0 unspecified atom stereocenters. The molecule has 2 heterocycles. The van der Waals surface area contributed by atoms with Crippen molar-refractivity contribution >= 4 is 23.1 Å². The highest BCUT2D eigenvalue weighted by Gasteiger charge is 2.21. The summed E-state index contributed by atoms with van der Waals surface area (Å²) < 4.78 is 9.18. The maximum absolute atomic E-state index is 12.1. The summed E-state index contributed by atoms with van der Waals surface area (Å²) in [6, 6.07) is 19.4. The molecule has 9 nitrogen and oxygen atoms in total. The van der Waals surface area contributed by atoms with Gasteiger partial charge in [0.05, 0.1) is 16.7 Å². The zero-order valence-electron chi connectivity index (χ0n) is 25.9. The van der Waals surface area contributed by atoms with Gasteiger partial charge in [-0.15, -0.1) is 0 Å². The molecule has 0 aliphatic heterocycles. The first-order chi connectivity index (χ1) is 21.0. The van der Waals surface area contributed by atoms with E-state index in [-0.39, 0.29) is 6.54 Å². The predicted octanol–water partition coefficient (Wildman–Crippen LogP) is 6.93. The van der Waals surface area contributed by atoms with Crippen molar-refractivity contribution < 1.29 is 19.4 Å². The fourth-order valence-electron chi connectivity index (χ4n) is 5.75. The quantitative estimate of drug-likeness (QED) is 0.126. The molecule has 9 heteroatoms. The molecular weight excluding hydrogens is 554 g/mol. The molecule has 0 aliphatic rings. The van der Waals surface area contributed by atoms with E-state index in [9.17, 15) is 9.59 Å². The number of amides is 1. The number of rotatable bonds is 11. The van der Waals surface area contributed by atoms with Gasteiger partial charge in [-0.3, -0.25) is 4.79 Å². The average molecular weight is 594 g/mol. The number of aromatic nitrogens is 4. The van der Waals surface area contributed by atoms with E-state index in [1.54, 1.807) is 12.1 Å². The van der Waals surface area contributed by atoms with Crippen LogP contribution in [0.3, 0.4) is 0 Å². The molecule has 0 saturated carbocycles. The Hall–Kier alpha value is -4.92.